The van der Waals surface area contributed by atoms with Gasteiger partial charge in [0.25, 0.3) is 0 Å². The number of hydrogen-bond acceptors (Lipinski definition) is 4. The third-order valence-corrected chi connectivity index (χ3v) is 9.69. The number of sulfone groups is 1. The van der Waals surface area contributed by atoms with E-state index in [1.54, 1.807) is 12.1 Å². The van der Waals surface area contributed by atoms with Crippen LogP contribution in [-0.2, 0) is 16.3 Å². The number of fused-ring (bicyclic) bond motifs is 1. The van der Waals surface area contributed by atoms with Gasteiger partial charge in [-0.2, -0.15) is 22.0 Å². The molecule has 0 amide bonds. The zero-order chi connectivity index (χ0) is 30.8. The first-order valence-electron chi connectivity index (χ1n) is 14.7. The van der Waals surface area contributed by atoms with Gasteiger partial charge in [-0.3, -0.25) is 0 Å². The van der Waals surface area contributed by atoms with Crippen LogP contribution >= 0.6 is 0 Å². The molecule has 0 saturated carbocycles. The lowest BCUT2D eigenvalue weighted by molar-refractivity contribution is -0.284. The van der Waals surface area contributed by atoms with Gasteiger partial charge in [0, 0.05) is 6.42 Å². The van der Waals surface area contributed by atoms with Crippen LogP contribution in [0.4, 0.5) is 22.0 Å². The largest absolute Gasteiger partial charge is 0.508 e. The molecule has 0 heterocycles. The molecule has 2 aromatic carbocycles. The topological polar surface area (TPSA) is 57.6 Å². The Balaban J connectivity index is 1.40. The van der Waals surface area contributed by atoms with Crippen LogP contribution < -0.4 is 0 Å². The van der Waals surface area contributed by atoms with Gasteiger partial charge in [0.1, 0.15) is 15.6 Å². The Bertz CT molecular complexity index is 1270. The lowest BCUT2D eigenvalue weighted by atomic mass is 9.89. The van der Waals surface area contributed by atoms with Gasteiger partial charge in [-0.05, 0) is 111 Å². The molecule has 3 rings (SSSR count). The molecule has 0 radical (unpaired) electrons. The van der Waals surface area contributed by atoms with Crippen molar-refractivity contribution in [2.24, 2.45) is 0 Å². The predicted octanol–water partition coefficient (Wildman–Crippen LogP) is 8.30. The van der Waals surface area contributed by atoms with E-state index in [9.17, 15) is 35.5 Å². The van der Waals surface area contributed by atoms with Crippen molar-refractivity contribution in [3.05, 3.63) is 65.2 Å². The van der Waals surface area contributed by atoms with Crippen LogP contribution in [0.3, 0.4) is 0 Å². The Morgan fingerprint density at radius 3 is 2.17 bits per heavy atom. The van der Waals surface area contributed by atoms with Crippen molar-refractivity contribution in [2.45, 2.75) is 82.7 Å². The summed E-state index contributed by atoms with van der Waals surface area (Å²) in [7, 11) is -1.79. The van der Waals surface area contributed by atoms with Crippen LogP contribution in [0.2, 0.25) is 0 Å². The minimum atomic E-state index is -5.66. The zero-order valence-electron chi connectivity index (χ0n) is 24.2. The van der Waals surface area contributed by atoms with Gasteiger partial charge in [-0.15, -0.1) is 0 Å². The molecule has 2 aromatic rings. The molecule has 42 heavy (non-hydrogen) atoms. The summed E-state index contributed by atoms with van der Waals surface area (Å²) < 4.78 is 86.9. The molecule has 1 N–H and O–H groups in total. The van der Waals surface area contributed by atoms with E-state index in [-0.39, 0.29) is 11.5 Å². The van der Waals surface area contributed by atoms with Gasteiger partial charge in [-0.25, -0.2) is 8.42 Å². The highest BCUT2D eigenvalue weighted by Gasteiger charge is 2.56. The lowest BCUT2D eigenvalue weighted by Gasteiger charge is -2.19. The number of rotatable bonds is 16. The Labute approximate surface area is 246 Å². The number of hydrogen-bond donors (Lipinski definition) is 1. The van der Waals surface area contributed by atoms with Gasteiger partial charge >= 0.3 is 12.1 Å². The van der Waals surface area contributed by atoms with Crippen LogP contribution in [0.25, 0.3) is 11.1 Å². The SMILES string of the molecule is CN(CCCCCCC1=C(c2ccc(O)cc2)CCCc2ccccc21)CCCS(=O)(=O)CCCC(F)(F)C(F)(F)F. The number of unbranched alkanes of at least 4 members (excludes halogenated alkanes) is 3. The Morgan fingerprint density at radius 1 is 0.810 bits per heavy atom. The molecule has 1 aliphatic carbocycles. The van der Waals surface area contributed by atoms with Gasteiger partial charge in [0.2, 0.25) is 0 Å². The number of aromatic hydroxyl groups is 1. The molecular formula is C32H42F5NO3S. The molecule has 0 saturated heterocycles. The molecule has 1 aliphatic rings. The summed E-state index contributed by atoms with van der Waals surface area (Å²) in [6.07, 6.45) is 0.583. The lowest BCUT2D eigenvalue weighted by Crippen LogP contribution is -2.36. The number of allylic oxidation sites excluding steroid dienone is 2. The van der Waals surface area contributed by atoms with Gasteiger partial charge in [0.05, 0.1) is 11.5 Å². The fraction of sp³-hybridized carbons (Fsp3) is 0.562. The predicted molar refractivity (Wildman–Crippen MR) is 158 cm³/mol. The van der Waals surface area contributed by atoms with Crippen molar-refractivity contribution in [1.29, 1.82) is 0 Å². The number of alkyl halides is 5. The summed E-state index contributed by atoms with van der Waals surface area (Å²) in [4.78, 5) is 2.03. The Hall–Kier alpha value is -2.46. The fourth-order valence-corrected chi connectivity index (χ4v) is 6.89. The normalized spacial score (nSPS) is 14.7. The first-order valence-corrected chi connectivity index (χ1v) is 16.5. The summed E-state index contributed by atoms with van der Waals surface area (Å²) in [5.74, 6) is -5.50. The third kappa shape index (κ3) is 10.4. The molecule has 0 bridgehead atoms. The quantitative estimate of drug-likeness (QED) is 0.152. The Kier molecular flexibility index (Phi) is 12.4. The summed E-state index contributed by atoms with van der Waals surface area (Å²) in [6.45, 7) is 1.31. The summed E-state index contributed by atoms with van der Waals surface area (Å²) in [6, 6.07) is 16.1. The minimum Gasteiger partial charge on any atom is -0.508 e. The molecule has 4 nitrogen and oxygen atoms in total. The number of benzene rings is 2. The first-order chi connectivity index (χ1) is 19.8. The minimum absolute atomic E-state index is 0.227. The smallest absolute Gasteiger partial charge is 0.453 e. The fourth-order valence-electron chi connectivity index (χ4n) is 5.53. The van der Waals surface area contributed by atoms with E-state index in [1.807, 2.05) is 24.1 Å². The summed E-state index contributed by atoms with van der Waals surface area (Å²) in [5, 5.41) is 9.76. The number of aryl methyl sites for hydroxylation is 1. The highest BCUT2D eigenvalue weighted by Crippen LogP contribution is 2.40. The maximum Gasteiger partial charge on any atom is 0.453 e. The average molecular weight is 616 g/mol. The monoisotopic (exact) mass is 615 g/mol. The molecule has 0 spiro atoms. The second-order valence-corrected chi connectivity index (χ2v) is 13.6. The van der Waals surface area contributed by atoms with Crippen LogP contribution in [0.5, 0.6) is 5.75 Å². The van der Waals surface area contributed by atoms with E-state index in [0.717, 1.165) is 63.5 Å². The maximum absolute atomic E-state index is 13.0. The van der Waals surface area contributed by atoms with Gasteiger partial charge < -0.3 is 10.0 Å². The van der Waals surface area contributed by atoms with E-state index >= 15 is 0 Å². The first kappa shape index (κ1) is 34.0. The average Bonchev–Trinajstić information content (AvgIpc) is 3.09. The van der Waals surface area contributed by atoms with Crippen molar-refractivity contribution >= 4 is 21.0 Å². The molecule has 234 valence electrons. The molecular weight excluding hydrogens is 573 g/mol. The molecule has 0 fully saturated rings. The van der Waals surface area contributed by atoms with Gasteiger partial charge in [-0.1, -0.05) is 49.2 Å². The van der Waals surface area contributed by atoms with Crippen molar-refractivity contribution in [2.75, 3.05) is 31.6 Å². The molecule has 0 unspecified atom stereocenters. The summed E-state index contributed by atoms with van der Waals surface area (Å²) in [5.41, 5.74) is 6.59. The van der Waals surface area contributed by atoms with E-state index in [0.29, 0.717) is 13.0 Å². The van der Waals surface area contributed by atoms with Crippen LogP contribution in [0, 0.1) is 0 Å². The Morgan fingerprint density at radius 2 is 1.45 bits per heavy atom. The van der Waals surface area contributed by atoms with Crippen LogP contribution in [-0.4, -0.2) is 62.2 Å². The number of nitrogens with zero attached hydrogens (tertiary/aromatic N) is 1. The third-order valence-electron chi connectivity index (χ3n) is 7.87. The van der Waals surface area contributed by atoms with E-state index in [1.165, 1.54) is 22.3 Å². The standard InChI is InChI=1S/C32H42F5NO3S/c1-38(22-10-24-42(40,41)23-9-20-31(33,34)32(35,36)37)21-7-3-2-4-14-30-28-13-6-5-11-25(28)12-8-15-29(30)26-16-18-27(39)19-17-26/h5-6,11,13,16-19,39H,2-4,7-10,12,14-15,20-24H2,1H3. The van der Waals surface area contributed by atoms with Gasteiger partial charge in [0.15, 0.2) is 0 Å². The van der Waals surface area contributed by atoms with Crippen molar-refractivity contribution in [3.63, 3.8) is 0 Å². The molecule has 0 aromatic heterocycles. The maximum atomic E-state index is 13.0. The number of phenolic OH excluding ortho intramolecular Hbond substituents is 1. The highest BCUT2D eigenvalue weighted by atomic mass is 32.2. The van der Waals surface area contributed by atoms with Crippen molar-refractivity contribution < 1.29 is 35.5 Å². The van der Waals surface area contributed by atoms with Crippen LogP contribution in [0.15, 0.2) is 48.5 Å². The molecule has 0 aliphatic heterocycles. The zero-order valence-corrected chi connectivity index (χ0v) is 25.1. The van der Waals surface area contributed by atoms with E-state index < -0.39 is 40.5 Å². The van der Waals surface area contributed by atoms with E-state index in [4.69, 9.17) is 0 Å². The summed E-state index contributed by atoms with van der Waals surface area (Å²) >= 11 is 0. The van der Waals surface area contributed by atoms with Crippen molar-refractivity contribution in [3.8, 4) is 5.75 Å². The van der Waals surface area contributed by atoms with E-state index in [2.05, 4.69) is 24.3 Å². The number of halogens is 5. The highest BCUT2D eigenvalue weighted by molar-refractivity contribution is 7.91. The number of phenols is 1. The van der Waals surface area contributed by atoms with Crippen LogP contribution in [0.1, 0.15) is 80.9 Å². The van der Waals surface area contributed by atoms with Crippen molar-refractivity contribution in [1.82, 2.24) is 4.90 Å². The molecule has 0 atom stereocenters. The second kappa shape index (κ2) is 15.3. The second-order valence-electron chi connectivity index (χ2n) is 11.3. The molecule has 10 heteroatoms.